The Labute approximate surface area is 152 Å². The molecule has 2 rings (SSSR count). The summed E-state index contributed by atoms with van der Waals surface area (Å²) in [6.45, 7) is 9.64. The van der Waals surface area contributed by atoms with Gasteiger partial charge in [-0.05, 0) is 59.1 Å². The molecular weight excluding hydrogens is 338 g/mol. The van der Waals surface area contributed by atoms with Crippen LogP contribution in [0.5, 0.6) is 5.75 Å². The topological polar surface area (TPSA) is 53.1 Å². The van der Waals surface area contributed by atoms with Gasteiger partial charge in [0.1, 0.15) is 5.75 Å². The van der Waals surface area contributed by atoms with Gasteiger partial charge in [0, 0.05) is 38.3 Å². The summed E-state index contributed by atoms with van der Waals surface area (Å²) < 4.78 is 33.0. The molecule has 0 aromatic heterocycles. The zero-order chi connectivity index (χ0) is 18.6. The first-order chi connectivity index (χ1) is 11.8. The van der Waals surface area contributed by atoms with Gasteiger partial charge < -0.3 is 9.64 Å². The summed E-state index contributed by atoms with van der Waals surface area (Å²) in [5.41, 5.74) is 0. The van der Waals surface area contributed by atoms with E-state index < -0.39 is 10.0 Å². The Bertz CT molecular complexity index is 634. The van der Waals surface area contributed by atoms with E-state index in [-0.39, 0.29) is 12.1 Å². The first kappa shape index (κ1) is 20.2. The summed E-state index contributed by atoms with van der Waals surface area (Å²) in [5, 5.41) is 0. The Morgan fingerprint density at radius 1 is 1.12 bits per heavy atom. The van der Waals surface area contributed by atoms with E-state index in [0.29, 0.717) is 30.3 Å². The van der Waals surface area contributed by atoms with E-state index in [4.69, 9.17) is 4.74 Å². The molecular formula is C18H31N3O3S. The lowest BCUT2D eigenvalue weighted by Gasteiger charge is -2.44. The maximum atomic E-state index is 13.0. The first-order valence-electron chi connectivity index (χ1n) is 8.89. The van der Waals surface area contributed by atoms with Gasteiger partial charge in [-0.1, -0.05) is 0 Å². The Balaban J connectivity index is 2.10. The molecule has 0 spiro atoms. The number of nitrogens with zero attached hydrogens (tertiary/aromatic N) is 3. The van der Waals surface area contributed by atoms with Gasteiger partial charge in [0.05, 0.1) is 11.5 Å². The molecule has 0 N–H and O–H groups in total. The maximum Gasteiger partial charge on any atom is 0.243 e. The number of piperazine rings is 1. The van der Waals surface area contributed by atoms with E-state index in [2.05, 4.69) is 37.7 Å². The molecule has 0 amide bonds. The molecule has 1 fully saturated rings. The SMILES string of the molecule is CCOc1ccc(S(=O)(=O)N2CC(C)N(CCN(C)C)C(C)C2)cc1. The number of benzene rings is 1. The van der Waals surface area contributed by atoms with Crippen molar-refractivity contribution in [2.24, 2.45) is 0 Å². The quantitative estimate of drug-likeness (QED) is 0.733. The number of likely N-dealkylation sites (N-methyl/N-ethyl adjacent to an activating group) is 1. The second-order valence-corrected chi connectivity index (χ2v) is 8.90. The summed E-state index contributed by atoms with van der Waals surface area (Å²) in [6, 6.07) is 7.09. The molecule has 1 heterocycles. The van der Waals surface area contributed by atoms with Crippen LogP contribution in [0.25, 0.3) is 0 Å². The summed E-state index contributed by atoms with van der Waals surface area (Å²) in [5.74, 6) is 0.691. The lowest BCUT2D eigenvalue weighted by atomic mass is 10.1. The maximum absolute atomic E-state index is 13.0. The number of rotatable bonds is 7. The van der Waals surface area contributed by atoms with Crippen LogP contribution < -0.4 is 4.74 Å². The van der Waals surface area contributed by atoms with Crippen molar-refractivity contribution in [1.29, 1.82) is 0 Å². The number of ether oxygens (including phenoxy) is 1. The minimum atomic E-state index is -3.47. The Morgan fingerprint density at radius 2 is 1.68 bits per heavy atom. The van der Waals surface area contributed by atoms with Crippen LogP contribution in [0, 0.1) is 0 Å². The van der Waals surface area contributed by atoms with Gasteiger partial charge in [0.2, 0.25) is 10.0 Å². The summed E-state index contributed by atoms with van der Waals surface area (Å²) >= 11 is 0. The standard InChI is InChI=1S/C18H31N3O3S/c1-6-24-17-7-9-18(10-8-17)25(22,23)20-13-15(2)21(16(3)14-20)12-11-19(4)5/h7-10,15-16H,6,11-14H2,1-5H3. The molecule has 6 nitrogen and oxygen atoms in total. The molecule has 0 aliphatic carbocycles. The van der Waals surface area contributed by atoms with Gasteiger partial charge in [-0.2, -0.15) is 4.31 Å². The minimum absolute atomic E-state index is 0.196. The Hall–Kier alpha value is -1.15. The van der Waals surface area contributed by atoms with Crippen LogP contribution in [-0.4, -0.2) is 81.5 Å². The number of hydrogen-bond acceptors (Lipinski definition) is 5. The van der Waals surface area contributed by atoms with Gasteiger partial charge in [-0.3, -0.25) is 4.90 Å². The van der Waals surface area contributed by atoms with Crippen LogP contribution in [0.2, 0.25) is 0 Å². The van der Waals surface area contributed by atoms with Gasteiger partial charge in [-0.25, -0.2) is 8.42 Å². The van der Waals surface area contributed by atoms with Crippen molar-refractivity contribution in [3.05, 3.63) is 24.3 Å². The van der Waals surface area contributed by atoms with Gasteiger partial charge in [0.15, 0.2) is 0 Å². The van der Waals surface area contributed by atoms with Crippen LogP contribution in [-0.2, 0) is 10.0 Å². The number of sulfonamides is 1. The van der Waals surface area contributed by atoms with E-state index in [1.54, 1.807) is 28.6 Å². The monoisotopic (exact) mass is 369 g/mol. The molecule has 1 saturated heterocycles. The van der Waals surface area contributed by atoms with Crippen molar-refractivity contribution in [3.8, 4) is 5.75 Å². The van der Waals surface area contributed by atoms with Crippen molar-refractivity contribution in [1.82, 2.24) is 14.1 Å². The molecule has 1 aromatic rings. The fraction of sp³-hybridized carbons (Fsp3) is 0.667. The first-order valence-corrected chi connectivity index (χ1v) is 10.3. The summed E-state index contributed by atoms with van der Waals surface area (Å²) in [7, 11) is 0.641. The van der Waals surface area contributed by atoms with Gasteiger partial charge in [0.25, 0.3) is 0 Å². The van der Waals surface area contributed by atoms with E-state index in [1.165, 1.54) is 0 Å². The third kappa shape index (κ3) is 4.94. The molecule has 1 aliphatic heterocycles. The van der Waals surface area contributed by atoms with Crippen molar-refractivity contribution >= 4 is 10.0 Å². The third-order valence-electron chi connectivity index (χ3n) is 4.65. The Morgan fingerprint density at radius 3 is 2.16 bits per heavy atom. The zero-order valence-electron chi connectivity index (χ0n) is 16.0. The van der Waals surface area contributed by atoms with Crippen molar-refractivity contribution in [2.45, 2.75) is 37.8 Å². The fourth-order valence-electron chi connectivity index (χ4n) is 3.28. The van der Waals surface area contributed by atoms with E-state index in [1.807, 2.05) is 6.92 Å². The highest BCUT2D eigenvalue weighted by Crippen LogP contribution is 2.24. The predicted molar refractivity (Wildman–Crippen MR) is 101 cm³/mol. The van der Waals surface area contributed by atoms with Crippen LogP contribution in [0.3, 0.4) is 0 Å². The van der Waals surface area contributed by atoms with Crippen molar-refractivity contribution in [2.75, 3.05) is 46.9 Å². The highest BCUT2D eigenvalue weighted by molar-refractivity contribution is 7.89. The van der Waals surface area contributed by atoms with Crippen LogP contribution >= 0.6 is 0 Å². The smallest absolute Gasteiger partial charge is 0.243 e. The second-order valence-electron chi connectivity index (χ2n) is 6.97. The van der Waals surface area contributed by atoms with E-state index >= 15 is 0 Å². The van der Waals surface area contributed by atoms with Gasteiger partial charge >= 0.3 is 0 Å². The molecule has 0 saturated carbocycles. The van der Waals surface area contributed by atoms with Crippen LogP contribution in [0.4, 0.5) is 0 Å². The van der Waals surface area contributed by atoms with Crippen molar-refractivity contribution in [3.63, 3.8) is 0 Å². The summed E-state index contributed by atoms with van der Waals surface area (Å²) in [4.78, 5) is 4.88. The normalized spacial score (nSPS) is 23.1. The molecule has 0 radical (unpaired) electrons. The van der Waals surface area contributed by atoms with Crippen molar-refractivity contribution < 1.29 is 13.2 Å². The molecule has 1 aliphatic rings. The fourth-order valence-corrected chi connectivity index (χ4v) is 4.89. The molecule has 7 heteroatoms. The lowest BCUT2D eigenvalue weighted by molar-refractivity contribution is 0.0708. The average molecular weight is 370 g/mol. The lowest BCUT2D eigenvalue weighted by Crippen LogP contribution is -2.58. The molecule has 1 aromatic carbocycles. The number of hydrogen-bond donors (Lipinski definition) is 0. The highest BCUT2D eigenvalue weighted by atomic mass is 32.2. The highest BCUT2D eigenvalue weighted by Gasteiger charge is 2.35. The molecule has 25 heavy (non-hydrogen) atoms. The third-order valence-corrected chi connectivity index (χ3v) is 6.49. The molecule has 2 unspecified atom stereocenters. The average Bonchev–Trinajstić information content (AvgIpc) is 2.54. The minimum Gasteiger partial charge on any atom is -0.494 e. The van der Waals surface area contributed by atoms with E-state index in [9.17, 15) is 8.42 Å². The van der Waals surface area contributed by atoms with Crippen LogP contribution in [0.1, 0.15) is 20.8 Å². The van der Waals surface area contributed by atoms with E-state index in [0.717, 1.165) is 13.1 Å². The molecule has 142 valence electrons. The summed E-state index contributed by atoms with van der Waals surface area (Å²) in [6.07, 6.45) is 0. The predicted octanol–water partition coefficient (Wildman–Crippen LogP) is 1.73. The second kappa shape index (κ2) is 8.49. The zero-order valence-corrected chi connectivity index (χ0v) is 16.8. The largest absolute Gasteiger partial charge is 0.494 e. The molecule has 2 atom stereocenters. The van der Waals surface area contributed by atoms with Gasteiger partial charge in [-0.15, -0.1) is 0 Å². The van der Waals surface area contributed by atoms with Crippen LogP contribution in [0.15, 0.2) is 29.2 Å². The Kier molecular flexibility index (Phi) is 6.85. The molecule has 0 bridgehead atoms.